The van der Waals surface area contributed by atoms with Gasteiger partial charge in [-0.1, -0.05) is 18.2 Å². The molecule has 0 unspecified atom stereocenters. The lowest BCUT2D eigenvalue weighted by atomic mass is 10.2. The van der Waals surface area contributed by atoms with Crippen LogP contribution in [-0.4, -0.2) is 16.5 Å². The second kappa shape index (κ2) is 4.75. The van der Waals surface area contributed by atoms with E-state index in [-0.39, 0.29) is 0 Å². The summed E-state index contributed by atoms with van der Waals surface area (Å²) in [7, 11) is 1.67. The van der Waals surface area contributed by atoms with Gasteiger partial charge in [-0.3, -0.25) is 0 Å². The van der Waals surface area contributed by atoms with Crippen LogP contribution in [0.2, 0.25) is 0 Å². The summed E-state index contributed by atoms with van der Waals surface area (Å²) in [6, 6.07) is 7.90. The van der Waals surface area contributed by atoms with Gasteiger partial charge in [0.1, 0.15) is 12.1 Å². The summed E-state index contributed by atoms with van der Waals surface area (Å²) >= 11 is 1.34. The van der Waals surface area contributed by atoms with Crippen LogP contribution in [0.3, 0.4) is 0 Å². The van der Waals surface area contributed by atoms with Gasteiger partial charge in [-0.15, -0.1) is 0 Å². The SMILES string of the molecule is COc1ccccc1CNc1ncns1. The monoisotopic (exact) mass is 221 g/mol. The van der Waals surface area contributed by atoms with Crippen molar-refractivity contribution in [3.63, 3.8) is 0 Å². The van der Waals surface area contributed by atoms with Gasteiger partial charge in [-0.25, -0.2) is 4.98 Å². The molecule has 4 nitrogen and oxygen atoms in total. The zero-order valence-corrected chi connectivity index (χ0v) is 9.12. The Balaban J connectivity index is 2.04. The van der Waals surface area contributed by atoms with E-state index < -0.39 is 0 Å². The molecule has 0 radical (unpaired) electrons. The number of aromatic nitrogens is 2. The van der Waals surface area contributed by atoms with Crippen LogP contribution in [0.15, 0.2) is 30.6 Å². The molecule has 0 saturated heterocycles. The predicted molar refractivity (Wildman–Crippen MR) is 60.2 cm³/mol. The van der Waals surface area contributed by atoms with E-state index in [0.717, 1.165) is 16.4 Å². The lowest BCUT2D eigenvalue weighted by Gasteiger charge is -2.07. The van der Waals surface area contributed by atoms with Crippen molar-refractivity contribution in [1.82, 2.24) is 9.36 Å². The number of benzene rings is 1. The number of anilines is 1. The maximum Gasteiger partial charge on any atom is 0.202 e. The van der Waals surface area contributed by atoms with Crippen molar-refractivity contribution in [1.29, 1.82) is 0 Å². The van der Waals surface area contributed by atoms with Crippen LogP contribution in [0, 0.1) is 0 Å². The molecule has 0 amide bonds. The molecule has 1 N–H and O–H groups in total. The highest BCUT2D eigenvalue weighted by Gasteiger charge is 2.01. The fourth-order valence-electron chi connectivity index (χ4n) is 1.27. The van der Waals surface area contributed by atoms with Gasteiger partial charge in [-0.2, -0.15) is 4.37 Å². The second-order valence-corrected chi connectivity index (χ2v) is 3.69. The molecule has 15 heavy (non-hydrogen) atoms. The average molecular weight is 221 g/mol. The van der Waals surface area contributed by atoms with Crippen molar-refractivity contribution in [3.8, 4) is 5.75 Å². The molecule has 2 aromatic rings. The van der Waals surface area contributed by atoms with Gasteiger partial charge in [0.2, 0.25) is 5.13 Å². The first-order valence-electron chi connectivity index (χ1n) is 4.52. The van der Waals surface area contributed by atoms with Gasteiger partial charge >= 0.3 is 0 Å². The molecule has 0 atom stereocenters. The highest BCUT2D eigenvalue weighted by atomic mass is 32.1. The Hall–Kier alpha value is -1.62. The first-order chi connectivity index (χ1) is 7.40. The number of hydrogen-bond donors (Lipinski definition) is 1. The van der Waals surface area contributed by atoms with E-state index in [1.165, 1.54) is 17.9 Å². The lowest BCUT2D eigenvalue weighted by Crippen LogP contribution is -2.00. The largest absolute Gasteiger partial charge is 0.496 e. The third-order valence-corrected chi connectivity index (χ3v) is 2.61. The molecule has 1 heterocycles. The summed E-state index contributed by atoms with van der Waals surface area (Å²) in [6.45, 7) is 0.694. The first-order valence-corrected chi connectivity index (χ1v) is 5.30. The van der Waals surface area contributed by atoms with E-state index in [1.807, 2.05) is 24.3 Å². The summed E-state index contributed by atoms with van der Waals surface area (Å²) in [5.41, 5.74) is 1.11. The van der Waals surface area contributed by atoms with Crippen LogP contribution in [0.5, 0.6) is 5.75 Å². The summed E-state index contributed by atoms with van der Waals surface area (Å²) < 4.78 is 9.16. The van der Waals surface area contributed by atoms with E-state index >= 15 is 0 Å². The van der Waals surface area contributed by atoms with Crippen LogP contribution in [-0.2, 0) is 6.54 Å². The maximum atomic E-state index is 5.24. The minimum atomic E-state index is 0.694. The molecule has 5 heteroatoms. The van der Waals surface area contributed by atoms with E-state index in [0.29, 0.717) is 6.54 Å². The summed E-state index contributed by atoms with van der Waals surface area (Å²) in [5.74, 6) is 0.884. The number of rotatable bonds is 4. The molecule has 0 bridgehead atoms. The third-order valence-electron chi connectivity index (χ3n) is 1.98. The van der Waals surface area contributed by atoms with E-state index in [2.05, 4.69) is 14.7 Å². The number of ether oxygens (including phenoxy) is 1. The summed E-state index contributed by atoms with van der Waals surface area (Å²) in [5, 5.41) is 4.00. The molecule has 0 aliphatic carbocycles. The van der Waals surface area contributed by atoms with Gasteiger partial charge in [0.15, 0.2) is 0 Å². The van der Waals surface area contributed by atoms with Gasteiger partial charge in [0.25, 0.3) is 0 Å². The van der Waals surface area contributed by atoms with Crippen LogP contribution >= 0.6 is 11.5 Å². The lowest BCUT2D eigenvalue weighted by molar-refractivity contribution is 0.410. The highest BCUT2D eigenvalue weighted by Crippen LogP contribution is 2.18. The number of hydrogen-bond acceptors (Lipinski definition) is 5. The van der Waals surface area contributed by atoms with Gasteiger partial charge in [-0.05, 0) is 6.07 Å². The Morgan fingerprint density at radius 3 is 3.00 bits per heavy atom. The quantitative estimate of drug-likeness (QED) is 0.859. The Morgan fingerprint density at radius 2 is 2.27 bits per heavy atom. The zero-order chi connectivity index (χ0) is 10.5. The molecule has 78 valence electrons. The van der Waals surface area contributed by atoms with Crippen LogP contribution in [0.4, 0.5) is 5.13 Å². The third kappa shape index (κ3) is 2.44. The topological polar surface area (TPSA) is 47.0 Å². The Labute approximate surface area is 92.1 Å². The van der Waals surface area contributed by atoms with Crippen molar-refractivity contribution in [2.24, 2.45) is 0 Å². The number of para-hydroxylation sites is 1. The smallest absolute Gasteiger partial charge is 0.202 e. The molecule has 1 aromatic carbocycles. The fourth-order valence-corrected chi connectivity index (χ4v) is 1.70. The summed E-state index contributed by atoms with van der Waals surface area (Å²) in [6.07, 6.45) is 1.54. The molecule has 0 spiro atoms. The maximum absolute atomic E-state index is 5.24. The molecule has 0 saturated carbocycles. The van der Waals surface area contributed by atoms with E-state index in [4.69, 9.17) is 4.74 Å². The van der Waals surface area contributed by atoms with Crippen LogP contribution in [0.1, 0.15) is 5.56 Å². The van der Waals surface area contributed by atoms with E-state index in [9.17, 15) is 0 Å². The van der Waals surface area contributed by atoms with Crippen molar-refractivity contribution < 1.29 is 4.74 Å². The minimum absolute atomic E-state index is 0.694. The number of nitrogens with one attached hydrogen (secondary N) is 1. The highest BCUT2D eigenvalue weighted by molar-refractivity contribution is 7.09. The normalized spacial score (nSPS) is 9.93. The Kier molecular flexibility index (Phi) is 3.14. The second-order valence-electron chi connectivity index (χ2n) is 2.91. The minimum Gasteiger partial charge on any atom is -0.496 e. The number of nitrogens with zero attached hydrogens (tertiary/aromatic N) is 2. The molecule has 0 fully saturated rings. The summed E-state index contributed by atoms with van der Waals surface area (Å²) in [4.78, 5) is 4.04. The van der Waals surface area contributed by atoms with Crippen LogP contribution in [0.25, 0.3) is 0 Å². The molecule has 1 aromatic heterocycles. The van der Waals surface area contributed by atoms with Gasteiger partial charge in [0.05, 0.1) is 7.11 Å². The van der Waals surface area contributed by atoms with Gasteiger partial charge < -0.3 is 10.1 Å². The predicted octanol–water partition coefficient (Wildman–Crippen LogP) is 2.16. The molecular formula is C10H11N3OS. The van der Waals surface area contributed by atoms with Crippen molar-refractivity contribution in [2.75, 3.05) is 12.4 Å². The molecule has 0 aliphatic rings. The van der Waals surface area contributed by atoms with Crippen molar-refractivity contribution >= 4 is 16.7 Å². The molecule has 0 aliphatic heterocycles. The Bertz CT molecular complexity index is 416. The average Bonchev–Trinajstić information content (AvgIpc) is 2.79. The first kappa shape index (κ1) is 9.92. The molecular weight excluding hydrogens is 210 g/mol. The Morgan fingerprint density at radius 1 is 1.40 bits per heavy atom. The van der Waals surface area contributed by atoms with Crippen molar-refractivity contribution in [3.05, 3.63) is 36.2 Å². The van der Waals surface area contributed by atoms with Gasteiger partial charge in [0, 0.05) is 23.6 Å². The van der Waals surface area contributed by atoms with Crippen molar-refractivity contribution in [2.45, 2.75) is 6.54 Å². The van der Waals surface area contributed by atoms with E-state index in [1.54, 1.807) is 7.11 Å². The van der Waals surface area contributed by atoms with Crippen LogP contribution < -0.4 is 10.1 Å². The zero-order valence-electron chi connectivity index (χ0n) is 8.30. The molecule has 2 rings (SSSR count). The number of methoxy groups -OCH3 is 1. The standard InChI is InChI=1S/C10H11N3OS/c1-14-9-5-3-2-4-8(9)6-11-10-12-7-13-15-10/h2-5,7H,6H2,1H3,(H,11,12,13). The fraction of sp³-hybridized carbons (Fsp3) is 0.200.